The maximum atomic E-state index is 12.7. The second-order valence-corrected chi connectivity index (χ2v) is 8.70. The summed E-state index contributed by atoms with van der Waals surface area (Å²) < 4.78 is 54.3. The minimum Gasteiger partial charge on any atom is -0.435 e. The Labute approximate surface area is 179 Å². The van der Waals surface area contributed by atoms with Gasteiger partial charge in [-0.25, -0.2) is 8.42 Å². The molecule has 162 valence electrons. The van der Waals surface area contributed by atoms with Gasteiger partial charge in [0.25, 0.3) is 5.91 Å². The van der Waals surface area contributed by atoms with E-state index in [4.69, 9.17) is 0 Å². The molecule has 0 spiro atoms. The summed E-state index contributed by atoms with van der Waals surface area (Å²) in [6, 6.07) is 19.4. The number of sulfonamides is 1. The van der Waals surface area contributed by atoms with Crippen LogP contribution in [0.5, 0.6) is 5.75 Å². The largest absolute Gasteiger partial charge is 0.435 e. The van der Waals surface area contributed by atoms with Crippen LogP contribution in [-0.2, 0) is 10.0 Å². The van der Waals surface area contributed by atoms with Gasteiger partial charge >= 0.3 is 6.61 Å². The average molecular weight is 446 g/mol. The lowest BCUT2D eigenvalue weighted by atomic mass is 10.0. The number of nitrogens with zero attached hydrogens (tertiary/aromatic N) is 1. The lowest BCUT2D eigenvalue weighted by Crippen LogP contribution is -2.26. The molecule has 3 aromatic rings. The van der Waals surface area contributed by atoms with Crippen LogP contribution in [0.4, 0.5) is 20.2 Å². The molecule has 0 unspecified atom stereocenters. The summed E-state index contributed by atoms with van der Waals surface area (Å²) in [5.41, 5.74) is 2.30. The van der Waals surface area contributed by atoms with Crippen molar-refractivity contribution in [3.63, 3.8) is 0 Å². The Balaban J connectivity index is 1.99. The van der Waals surface area contributed by atoms with Crippen LogP contribution in [0.2, 0.25) is 0 Å². The molecule has 0 aliphatic heterocycles. The summed E-state index contributed by atoms with van der Waals surface area (Å²) in [5.74, 6) is -0.383. The molecule has 1 amide bonds. The Morgan fingerprint density at radius 3 is 2.16 bits per heavy atom. The van der Waals surface area contributed by atoms with E-state index in [-0.39, 0.29) is 17.1 Å². The van der Waals surface area contributed by atoms with Gasteiger partial charge in [0.05, 0.1) is 17.6 Å². The minimum atomic E-state index is -3.58. The molecular formula is C22H20F2N2O4S. The van der Waals surface area contributed by atoms with Gasteiger partial charge in [-0.3, -0.25) is 9.10 Å². The van der Waals surface area contributed by atoms with Crippen molar-refractivity contribution in [3.05, 3.63) is 78.4 Å². The monoisotopic (exact) mass is 446 g/mol. The summed E-state index contributed by atoms with van der Waals surface area (Å²) in [7, 11) is -2.19. The first kappa shape index (κ1) is 22.2. The number of carbonyl (C=O) groups excluding carboxylic acids is 1. The highest BCUT2D eigenvalue weighted by molar-refractivity contribution is 7.92. The van der Waals surface area contributed by atoms with E-state index in [2.05, 4.69) is 10.1 Å². The first-order chi connectivity index (χ1) is 14.6. The van der Waals surface area contributed by atoms with Crippen molar-refractivity contribution in [2.24, 2.45) is 0 Å². The molecule has 9 heteroatoms. The summed E-state index contributed by atoms with van der Waals surface area (Å²) in [5, 5.41) is 2.76. The summed E-state index contributed by atoms with van der Waals surface area (Å²) in [6.45, 7) is -2.92. The zero-order chi connectivity index (χ0) is 22.6. The number of benzene rings is 3. The first-order valence-corrected chi connectivity index (χ1v) is 11.0. The van der Waals surface area contributed by atoms with Gasteiger partial charge in [-0.2, -0.15) is 8.78 Å². The van der Waals surface area contributed by atoms with E-state index >= 15 is 0 Å². The molecule has 0 aliphatic rings. The van der Waals surface area contributed by atoms with Crippen molar-refractivity contribution >= 4 is 27.3 Å². The molecular weight excluding hydrogens is 426 g/mol. The Hall–Kier alpha value is -3.46. The number of rotatable bonds is 7. The molecule has 0 fully saturated rings. The standard InChI is InChI=1S/C22H20F2N2O4S/c1-26(31(2,28)29)20-13-10-17(15-8-11-18(12-9-15)30-22(23)24)14-19(20)25-21(27)16-6-4-3-5-7-16/h3-14,22H,1-2H3,(H,25,27). The Bertz CT molecular complexity index is 1170. The number of hydrogen-bond acceptors (Lipinski definition) is 4. The van der Waals surface area contributed by atoms with Crippen molar-refractivity contribution in [2.75, 3.05) is 22.9 Å². The van der Waals surface area contributed by atoms with Crippen LogP contribution in [0.25, 0.3) is 11.1 Å². The molecule has 0 aliphatic carbocycles. The highest BCUT2D eigenvalue weighted by atomic mass is 32.2. The van der Waals surface area contributed by atoms with Gasteiger partial charge in [0.2, 0.25) is 10.0 Å². The van der Waals surface area contributed by atoms with Crippen LogP contribution in [0.15, 0.2) is 72.8 Å². The summed E-state index contributed by atoms with van der Waals surface area (Å²) >= 11 is 0. The SMILES string of the molecule is CN(c1ccc(-c2ccc(OC(F)F)cc2)cc1NC(=O)c1ccccc1)S(C)(=O)=O. The summed E-state index contributed by atoms with van der Waals surface area (Å²) in [4.78, 5) is 12.7. The van der Waals surface area contributed by atoms with E-state index in [0.717, 1.165) is 10.6 Å². The van der Waals surface area contributed by atoms with Gasteiger partial charge in [-0.1, -0.05) is 36.4 Å². The number of amides is 1. The van der Waals surface area contributed by atoms with Crippen LogP contribution < -0.4 is 14.4 Å². The number of nitrogens with one attached hydrogen (secondary N) is 1. The zero-order valence-electron chi connectivity index (χ0n) is 16.7. The first-order valence-electron chi connectivity index (χ1n) is 9.15. The van der Waals surface area contributed by atoms with Gasteiger partial charge < -0.3 is 10.1 Å². The van der Waals surface area contributed by atoms with Crippen molar-refractivity contribution in [1.29, 1.82) is 0 Å². The fourth-order valence-electron chi connectivity index (χ4n) is 2.88. The number of ether oxygens (including phenoxy) is 1. The van der Waals surface area contributed by atoms with E-state index in [1.165, 1.54) is 19.2 Å². The maximum absolute atomic E-state index is 12.7. The van der Waals surface area contributed by atoms with Crippen LogP contribution in [0.3, 0.4) is 0 Å². The van der Waals surface area contributed by atoms with E-state index < -0.39 is 22.5 Å². The van der Waals surface area contributed by atoms with E-state index in [1.807, 2.05) is 0 Å². The average Bonchev–Trinajstić information content (AvgIpc) is 2.73. The number of anilines is 2. The predicted octanol–water partition coefficient (Wildman–Crippen LogP) is 4.60. The quantitative estimate of drug-likeness (QED) is 0.575. The normalized spacial score (nSPS) is 11.3. The lowest BCUT2D eigenvalue weighted by Gasteiger charge is -2.21. The molecule has 0 aromatic heterocycles. The fraction of sp³-hybridized carbons (Fsp3) is 0.136. The Morgan fingerprint density at radius 2 is 1.58 bits per heavy atom. The molecule has 0 atom stereocenters. The van der Waals surface area contributed by atoms with Gasteiger partial charge in [0.15, 0.2) is 0 Å². The Morgan fingerprint density at radius 1 is 0.968 bits per heavy atom. The highest BCUT2D eigenvalue weighted by Gasteiger charge is 2.19. The number of hydrogen-bond donors (Lipinski definition) is 1. The maximum Gasteiger partial charge on any atom is 0.387 e. The fourth-order valence-corrected chi connectivity index (χ4v) is 3.40. The molecule has 0 bridgehead atoms. The highest BCUT2D eigenvalue weighted by Crippen LogP contribution is 2.33. The van der Waals surface area contributed by atoms with E-state index in [0.29, 0.717) is 16.7 Å². The molecule has 6 nitrogen and oxygen atoms in total. The molecule has 0 heterocycles. The second-order valence-electron chi connectivity index (χ2n) is 6.69. The number of halogens is 2. The molecule has 3 aromatic carbocycles. The third kappa shape index (κ3) is 5.58. The molecule has 0 saturated heterocycles. The molecule has 0 radical (unpaired) electrons. The van der Waals surface area contributed by atoms with Crippen molar-refractivity contribution in [1.82, 2.24) is 0 Å². The van der Waals surface area contributed by atoms with E-state index in [9.17, 15) is 22.0 Å². The third-order valence-electron chi connectivity index (χ3n) is 4.53. The number of carbonyl (C=O) groups is 1. The van der Waals surface area contributed by atoms with Crippen LogP contribution >= 0.6 is 0 Å². The Kier molecular flexibility index (Phi) is 6.55. The smallest absolute Gasteiger partial charge is 0.387 e. The zero-order valence-corrected chi connectivity index (χ0v) is 17.6. The molecule has 3 rings (SSSR count). The van der Waals surface area contributed by atoms with Crippen LogP contribution in [-0.4, -0.2) is 34.2 Å². The second kappa shape index (κ2) is 9.13. The van der Waals surface area contributed by atoms with Crippen molar-refractivity contribution in [2.45, 2.75) is 6.61 Å². The van der Waals surface area contributed by atoms with Crippen LogP contribution in [0.1, 0.15) is 10.4 Å². The topological polar surface area (TPSA) is 75.7 Å². The van der Waals surface area contributed by atoms with Gasteiger partial charge in [0, 0.05) is 12.6 Å². The van der Waals surface area contributed by atoms with E-state index in [1.54, 1.807) is 60.7 Å². The van der Waals surface area contributed by atoms with Gasteiger partial charge in [-0.15, -0.1) is 0 Å². The number of alkyl halides is 2. The van der Waals surface area contributed by atoms with Gasteiger partial charge in [-0.05, 0) is 47.5 Å². The van der Waals surface area contributed by atoms with Crippen molar-refractivity contribution in [3.8, 4) is 16.9 Å². The van der Waals surface area contributed by atoms with Crippen molar-refractivity contribution < 1.29 is 26.7 Å². The van der Waals surface area contributed by atoms with Crippen LogP contribution in [0, 0.1) is 0 Å². The molecule has 31 heavy (non-hydrogen) atoms. The molecule has 1 N–H and O–H groups in total. The molecule has 0 saturated carbocycles. The predicted molar refractivity (Wildman–Crippen MR) is 116 cm³/mol. The minimum absolute atomic E-state index is 0.0183. The third-order valence-corrected chi connectivity index (χ3v) is 5.72. The summed E-state index contributed by atoms with van der Waals surface area (Å²) in [6.07, 6.45) is 1.06. The van der Waals surface area contributed by atoms with Gasteiger partial charge in [0.1, 0.15) is 5.75 Å². The lowest BCUT2D eigenvalue weighted by molar-refractivity contribution is -0.0498.